The fourth-order valence-electron chi connectivity index (χ4n) is 2.80. The van der Waals surface area contributed by atoms with Gasteiger partial charge < -0.3 is 16.2 Å². The van der Waals surface area contributed by atoms with Gasteiger partial charge in [0.05, 0.1) is 0 Å². The molecule has 3 aromatic carbocycles. The zero-order valence-electron chi connectivity index (χ0n) is 15.2. The maximum absolute atomic E-state index is 12.4. The summed E-state index contributed by atoms with van der Waals surface area (Å²) < 4.78 is 0. The summed E-state index contributed by atoms with van der Waals surface area (Å²) in [5.74, 6) is -0.253. The van der Waals surface area contributed by atoms with Gasteiger partial charge in [0, 0.05) is 30.0 Å². The second-order valence-corrected chi connectivity index (χ2v) is 6.40. The normalized spacial score (nSPS) is 10.3. The second-order valence-electron chi connectivity index (χ2n) is 6.40. The van der Waals surface area contributed by atoms with Gasteiger partial charge >= 0.3 is 6.09 Å². The van der Waals surface area contributed by atoms with Crippen LogP contribution in [0.15, 0.2) is 78.9 Å². The third-order valence-electron chi connectivity index (χ3n) is 4.22. The smallest absolute Gasteiger partial charge is 0.407 e. The molecule has 0 aromatic heterocycles. The van der Waals surface area contributed by atoms with Gasteiger partial charge in [-0.05, 0) is 41.5 Å². The first-order chi connectivity index (χ1) is 13.5. The minimum absolute atomic E-state index is 0.237. The first-order valence-electron chi connectivity index (χ1n) is 8.79. The lowest BCUT2D eigenvalue weighted by atomic mass is 10.1. The number of hydrogen-bond acceptors (Lipinski definition) is 3. The molecule has 0 aliphatic carbocycles. The van der Waals surface area contributed by atoms with Gasteiger partial charge in [0.1, 0.15) is 0 Å². The van der Waals surface area contributed by atoms with Crippen LogP contribution in [0, 0.1) is 0 Å². The number of rotatable bonds is 6. The van der Waals surface area contributed by atoms with E-state index in [-0.39, 0.29) is 12.5 Å². The van der Waals surface area contributed by atoms with E-state index in [2.05, 4.69) is 5.32 Å². The molecular formula is C22H21N3O3. The van der Waals surface area contributed by atoms with Crippen LogP contribution in [0.25, 0.3) is 0 Å². The molecule has 0 bridgehead atoms. The lowest BCUT2D eigenvalue weighted by Crippen LogP contribution is -2.28. The Morgan fingerprint density at radius 1 is 0.857 bits per heavy atom. The highest BCUT2D eigenvalue weighted by Gasteiger charge is 2.13. The molecule has 2 amide bonds. The van der Waals surface area contributed by atoms with Gasteiger partial charge in [0.15, 0.2) is 0 Å². The molecule has 0 saturated carbocycles. The van der Waals surface area contributed by atoms with Crippen LogP contribution in [0.3, 0.4) is 0 Å². The molecule has 6 nitrogen and oxygen atoms in total. The highest BCUT2D eigenvalue weighted by molar-refractivity contribution is 6.04. The van der Waals surface area contributed by atoms with Crippen LogP contribution in [0.4, 0.5) is 16.2 Å². The van der Waals surface area contributed by atoms with Crippen LogP contribution in [0.1, 0.15) is 21.5 Å². The van der Waals surface area contributed by atoms with Crippen molar-refractivity contribution in [3.8, 4) is 0 Å². The average molecular weight is 375 g/mol. The largest absolute Gasteiger partial charge is 0.465 e. The molecule has 0 spiro atoms. The second kappa shape index (κ2) is 8.73. The molecule has 0 atom stereocenters. The summed E-state index contributed by atoms with van der Waals surface area (Å²) >= 11 is 0. The third kappa shape index (κ3) is 5.11. The Kier molecular flexibility index (Phi) is 5.91. The molecule has 0 radical (unpaired) electrons. The SMILES string of the molecule is Nc1cccc(NC(=O)c2ccc(CN(Cc3ccccc3)C(=O)O)cc2)c1. The van der Waals surface area contributed by atoms with Crippen molar-refractivity contribution in [3.63, 3.8) is 0 Å². The standard InChI is InChI=1S/C22H21N3O3/c23-19-7-4-8-20(13-19)24-21(26)18-11-9-17(10-12-18)15-25(22(27)28)14-16-5-2-1-3-6-16/h1-13H,14-15,23H2,(H,24,26)(H,27,28). The molecule has 0 aliphatic rings. The zero-order valence-corrected chi connectivity index (χ0v) is 15.2. The Hall–Kier alpha value is -3.80. The minimum atomic E-state index is -0.993. The van der Waals surface area contributed by atoms with Gasteiger partial charge in [0.2, 0.25) is 0 Å². The zero-order chi connectivity index (χ0) is 19.9. The number of carbonyl (C=O) groups excluding carboxylic acids is 1. The van der Waals surface area contributed by atoms with Crippen molar-refractivity contribution < 1.29 is 14.7 Å². The Balaban J connectivity index is 1.65. The molecule has 0 fully saturated rings. The monoisotopic (exact) mass is 375 g/mol. The molecule has 28 heavy (non-hydrogen) atoms. The number of carboxylic acid groups (broad SMARTS) is 1. The lowest BCUT2D eigenvalue weighted by molar-refractivity contribution is 0.102. The van der Waals surface area contributed by atoms with E-state index in [4.69, 9.17) is 5.73 Å². The van der Waals surface area contributed by atoms with E-state index >= 15 is 0 Å². The number of anilines is 2. The van der Waals surface area contributed by atoms with Crippen LogP contribution < -0.4 is 11.1 Å². The molecule has 0 heterocycles. The fourth-order valence-corrected chi connectivity index (χ4v) is 2.80. The Morgan fingerprint density at radius 2 is 1.50 bits per heavy atom. The van der Waals surface area contributed by atoms with Gasteiger partial charge in [-0.2, -0.15) is 0 Å². The number of nitrogens with one attached hydrogen (secondary N) is 1. The summed E-state index contributed by atoms with van der Waals surface area (Å²) in [5, 5.41) is 12.3. The van der Waals surface area contributed by atoms with Crippen LogP contribution in [0.2, 0.25) is 0 Å². The number of nitrogen functional groups attached to an aromatic ring is 1. The van der Waals surface area contributed by atoms with E-state index in [9.17, 15) is 14.7 Å². The van der Waals surface area contributed by atoms with Gasteiger partial charge in [-0.25, -0.2) is 4.79 Å². The highest BCUT2D eigenvalue weighted by Crippen LogP contribution is 2.15. The predicted molar refractivity (Wildman–Crippen MR) is 109 cm³/mol. The number of amides is 2. The summed E-state index contributed by atoms with van der Waals surface area (Å²) in [6.45, 7) is 0.537. The van der Waals surface area contributed by atoms with E-state index in [0.717, 1.165) is 11.1 Å². The predicted octanol–water partition coefficient (Wildman–Crippen LogP) is 4.20. The average Bonchev–Trinajstić information content (AvgIpc) is 2.69. The van der Waals surface area contributed by atoms with Gasteiger partial charge in [-0.3, -0.25) is 9.69 Å². The minimum Gasteiger partial charge on any atom is -0.465 e. The number of carbonyl (C=O) groups is 2. The van der Waals surface area contributed by atoms with Crippen molar-refractivity contribution in [2.24, 2.45) is 0 Å². The molecule has 142 valence electrons. The van der Waals surface area contributed by atoms with E-state index in [1.807, 2.05) is 30.3 Å². The Bertz CT molecular complexity index is 956. The maximum Gasteiger partial charge on any atom is 0.407 e. The molecule has 0 aliphatic heterocycles. The quantitative estimate of drug-likeness (QED) is 0.563. The highest BCUT2D eigenvalue weighted by atomic mass is 16.4. The van der Waals surface area contributed by atoms with Crippen LogP contribution in [-0.4, -0.2) is 22.0 Å². The molecular weight excluding hydrogens is 354 g/mol. The molecule has 3 aromatic rings. The first kappa shape index (κ1) is 19.0. The molecule has 0 unspecified atom stereocenters. The van der Waals surface area contributed by atoms with Crippen LogP contribution in [0.5, 0.6) is 0 Å². The van der Waals surface area contributed by atoms with Crippen LogP contribution >= 0.6 is 0 Å². The van der Waals surface area contributed by atoms with Crippen molar-refractivity contribution in [1.29, 1.82) is 0 Å². The summed E-state index contributed by atoms with van der Waals surface area (Å²) in [5.41, 5.74) is 9.11. The number of benzene rings is 3. The number of nitrogens with zero attached hydrogens (tertiary/aromatic N) is 1. The Morgan fingerprint density at radius 3 is 2.11 bits per heavy atom. The van der Waals surface area contributed by atoms with Crippen LogP contribution in [-0.2, 0) is 13.1 Å². The van der Waals surface area contributed by atoms with Gasteiger partial charge in [-0.1, -0.05) is 48.5 Å². The molecule has 6 heteroatoms. The topological polar surface area (TPSA) is 95.7 Å². The van der Waals surface area contributed by atoms with Crippen molar-refractivity contribution in [3.05, 3.63) is 95.6 Å². The van der Waals surface area contributed by atoms with Gasteiger partial charge in [0.25, 0.3) is 5.91 Å². The third-order valence-corrected chi connectivity index (χ3v) is 4.22. The summed E-state index contributed by atoms with van der Waals surface area (Å²) in [4.78, 5) is 25.2. The first-order valence-corrected chi connectivity index (χ1v) is 8.79. The number of nitrogens with two attached hydrogens (primary N) is 1. The van der Waals surface area contributed by atoms with E-state index in [1.165, 1.54) is 4.90 Å². The molecule has 4 N–H and O–H groups in total. The van der Waals surface area contributed by atoms with Crippen molar-refractivity contribution >= 4 is 23.4 Å². The fraction of sp³-hybridized carbons (Fsp3) is 0.0909. The molecule has 0 saturated heterocycles. The lowest BCUT2D eigenvalue weighted by Gasteiger charge is -2.19. The summed E-state index contributed by atoms with van der Waals surface area (Å²) in [6.07, 6.45) is -0.993. The number of hydrogen-bond donors (Lipinski definition) is 3. The summed E-state index contributed by atoms with van der Waals surface area (Å²) in [6, 6.07) is 23.3. The molecule has 3 rings (SSSR count). The Labute approximate surface area is 163 Å². The van der Waals surface area contributed by atoms with Gasteiger partial charge in [-0.15, -0.1) is 0 Å². The van der Waals surface area contributed by atoms with Crippen molar-refractivity contribution in [2.75, 3.05) is 11.1 Å². The summed E-state index contributed by atoms with van der Waals surface area (Å²) in [7, 11) is 0. The van der Waals surface area contributed by atoms with E-state index < -0.39 is 6.09 Å². The van der Waals surface area contributed by atoms with Crippen molar-refractivity contribution in [2.45, 2.75) is 13.1 Å². The van der Waals surface area contributed by atoms with E-state index in [0.29, 0.717) is 23.5 Å². The van der Waals surface area contributed by atoms with Crippen molar-refractivity contribution in [1.82, 2.24) is 4.90 Å². The van der Waals surface area contributed by atoms with E-state index in [1.54, 1.807) is 48.5 Å². The maximum atomic E-state index is 12.4.